The smallest absolute Gasteiger partial charge is 0.319 e. The Hall–Kier alpha value is -1.54. The summed E-state index contributed by atoms with van der Waals surface area (Å²) in [6.45, 7) is 2.91. The van der Waals surface area contributed by atoms with E-state index in [1.165, 1.54) is 5.56 Å². The number of likely N-dealkylation sites (tertiary alicyclic amines) is 1. The minimum absolute atomic E-state index is 0. The lowest BCUT2D eigenvalue weighted by atomic mass is 10.0. The predicted molar refractivity (Wildman–Crippen MR) is 125 cm³/mol. The number of carbonyl (C=O) groups excluding carboxylic acids is 1. The molecule has 7 heteroatoms. The number of nitrogens with zero attached hydrogens (tertiary/aromatic N) is 1. The van der Waals surface area contributed by atoms with Crippen LogP contribution in [0.15, 0.2) is 60.7 Å². The first kappa shape index (κ1) is 24.1. The molecule has 0 bridgehead atoms. The number of nitrogens with one attached hydrogen (secondary N) is 2. The zero-order chi connectivity index (χ0) is 21.1. The van der Waals surface area contributed by atoms with Crippen molar-refractivity contribution in [2.75, 3.05) is 25.5 Å². The molecule has 0 atom stereocenters. The van der Waals surface area contributed by atoms with Gasteiger partial charge in [0.2, 0.25) is 0 Å². The molecular weight excluding hydrogens is 544 g/mol. The molecule has 4 rings (SSSR count). The van der Waals surface area contributed by atoms with Gasteiger partial charge in [-0.15, -0.1) is 0 Å². The van der Waals surface area contributed by atoms with Crippen LogP contribution in [0.25, 0.3) is 10.8 Å². The van der Waals surface area contributed by atoms with Crippen LogP contribution in [0.4, 0.5) is 10.5 Å². The first-order chi connectivity index (χ1) is 14.4. The summed E-state index contributed by atoms with van der Waals surface area (Å²) in [6.07, 6.45) is 1.89. The molecule has 1 heterocycles. The summed E-state index contributed by atoms with van der Waals surface area (Å²) in [5, 5.41) is 9.52. The zero-order valence-corrected chi connectivity index (χ0v) is 21.0. The van der Waals surface area contributed by atoms with E-state index in [2.05, 4.69) is 17.7 Å². The fraction of sp³-hybridized carbons (Fsp3) is 0.292. The van der Waals surface area contributed by atoms with E-state index in [1.807, 2.05) is 60.7 Å². The van der Waals surface area contributed by atoms with E-state index < -0.39 is 0 Å². The number of urea groups is 1. The highest BCUT2D eigenvalue weighted by Crippen LogP contribution is 2.27. The molecule has 0 unspecified atom stereocenters. The van der Waals surface area contributed by atoms with Crippen molar-refractivity contribution in [3.05, 3.63) is 76.3 Å². The van der Waals surface area contributed by atoms with E-state index in [4.69, 9.17) is 23.2 Å². The van der Waals surface area contributed by atoms with Gasteiger partial charge in [-0.05, 0) is 23.6 Å². The Bertz CT molecular complexity index is 1060. The highest BCUT2D eigenvalue weighted by Gasteiger charge is 2.31. The van der Waals surface area contributed by atoms with Gasteiger partial charge in [0.25, 0.3) is 0 Å². The average molecular weight is 570 g/mol. The van der Waals surface area contributed by atoms with Crippen molar-refractivity contribution in [2.45, 2.75) is 25.4 Å². The van der Waals surface area contributed by atoms with Crippen molar-refractivity contribution in [1.82, 2.24) is 5.32 Å². The maximum absolute atomic E-state index is 12.6. The predicted octanol–water partition coefficient (Wildman–Crippen LogP) is 3.08. The van der Waals surface area contributed by atoms with E-state index >= 15 is 0 Å². The zero-order valence-electron chi connectivity index (χ0n) is 17.4. The van der Waals surface area contributed by atoms with Gasteiger partial charge < -0.3 is 39.1 Å². The summed E-state index contributed by atoms with van der Waals surface area (Å²) in [5.74, 6) is 0. The minimum Gasteiger partial charge on any atom is -1.00 e. The van der Waals surface area contributed by atoms with E-state index in [0.29, 0.717) is 10.0 Å². The number of halogens is 3. The SMILES string of the molecule is C[N+]1(Cc2ccc(Cl)c(Cl)c2)CCC(NC(=O)Nc2cccc3ccccc23)CC1.[I-]. The number of hydrogen-bond acceptors (Lipinski definition) is 1. The largest absolute Gasteiger partial charge is 1.00 e. The molecule has 0 spiro atoms. The number of quaternary nitrogens is 1. The van der Waals surface area contributed by atoms with Crippen LogP contribution in [0, 0.1) is 0 Å². The highest BCUT2D eigenvalue weighted by molar-refractivity contribution is 6.42. The average Bonchev–Trinajstić information content (AvgIpc) is 2.73. The molecule has 4 nitrogen and oxygen atoms in total. The van der Waals surface area contributed by atoms with E-state index in [1.54, 1.807) is 0 Å². The number of fused-ring (bicyclic) bond motifs is 1. The van der Waals surface area contributed by atoms with E-state index in [-0.39, 0.29) is 36.0 Å². The topological polar surface area (TPSA) is 41.1 Å². The van der Waals surface area contributed by atoms with Crippen LogP contribution in [-0.2, 0) is 6.54 Å². The normalized spacial score (nSPS) is 20.7. The Morgan fingerprint density at radius 2 is 1.71 bits per heavy atom. The van der Waals surface area contributed by atoms with Crippen LogP contribution < -0.4 is 34.6 Å². The third-order valence-corrected chi connectivity index (χ3v) is 6.70. The van der Waals surface area contributed by atoms with Gasteiger partial charge in [-0.1, -0.05) is 65.7 Å². The summed E-state index contributed by atoms with van der Waals surface area (Å²) in [5.41, 5.74) is 2.02. The minimum atomic E-state index is -0.142. The van der Waals surface area contributed by atoms with Crippen LogP contribution in [0.3, 0.4) is 0 Å². The Labute approximate surface area is 210 Å². The second-order valence-electron chi connectivity index (χ2n) is 8.37. The first-order valence-electron chi connectivity index (χ1n) is 10.2. The standard InChI is InChI=1S/C24H25Cl2N3O.HI/c1-29(16-17-9-10-21(25)22(26)15-17)13-11-19(12-14-29)27-24(30)28-23-8-4-6-18-5-2-3-7-20(18)23;/h2-10,15,19H,11-14,16H2,1H3,(H-,27,28,30);1H. The molecule has 3 aromatic rings. The van der Waals surface area contributed by atoms with Crippen LogP contribution in [0.2, 0.25) is 10.0 Å². The molecule has 1 aliphatic heterocycles. The lowest BCUT2D eigenvalue weighted by Gasteiger charge is -2.40. The molecule has 0 aliphatic carbocycles. The summed E-state index contributed by atoms with van der Waals surface area (Å²) < 4.78 is 0.932. The van der Waals surface area contributed by atoms with Crippen molar-refractivity contribution in [1.29, 1.82) is 0 Å². The number of carbonyl (C=O) groups is 1. The van der Waals surface area contributed by atoms with Crippen molar-refractivity contribution in [3.63, 3.8) is 0 Å². The lowest BCUT2D eigenvalue weighted by molar-refractivity contribution is -0.927. The molecule has 1 fully saturated rings. The molecule has 2 N–H and O–H groups in total. The van der Waals surface area contributed by atoms with Gasteiger partial charge in [0.1, 0.15) is 6.54 Å². The maximum atomic E-state index is 12.6. The lowest BCUT2D eigenvalue weighted by Crippen LogP contribution is -3.00. The molecule has 1 saturated heterocycles. The number of piperidine rings is 1. The summed E-state index contributed by atoms with van der Waals surface area (Å²) in [4.78, 5) is 12.6. The summed E-state index contributed by atoms with van der Waals surface area (Å²) in [7, 11) is 2.26. The molecule has 3 aromatic carbocycles. The Morgan fingerprint density at radius 3 is 2.45 bits per heavy atom. The van der Waals surface area contributed by atoms with Gasteiger partial charge >= 0.3 is 6.03 Å². The van der Waals surface area contributed by atoms with Gasteiger partial charge in [-0.25, -0.2) is 4.79 Å². The number of anilines is 1. The van der Waals surface area contributed by atoms with E-state index in [9.17, 15) is 4.79 Å². The second kappa shape index (κ2) is 10.4. The van der Waals surface area contributed by atoms with Crippen molar-refractivity contribution >= 4 is 45.7 Å². The molecule has 0 saturated carbocycles. The fourth-order valence-electron chi connectivity index (χ4n) is 4.25. The van der Waals surface area contributed by atoms with Crippen LogP contribution in [0.5, 0.6) is 0 Å². The third kappa shape index (κ3) is 6.04. The molecule has 1 aliphatic rings. The Kier molecular flexibility index (Phi) is 8.08. The Morgan fingerprint density at radius 1 is 1.00 bits per heavy atom. The van der Waals surface area contributed by atoms with Gasteiger partial charge in [-0.2, -0.15) is 0 Å². The fourth-order valence-corrected chi connectivity index (χ4v) is 4.57. The Balaban J connectivity index is 0.00000272. The molecular formula is C24H26Cl2IN3O. The van der Waals surface area contributed by atoms with Crippen molar-refractivity contribution in [3.8, 4) is 0 Å². The second-order valence-corrected chi connectivity index (χ2v) is 9.19. The van der Waals surface area contributed by atoms with Crippen molar-refractivity contribution in [2.24, 2.45) is 0 Å². The van der Waals surface area contributed by atoms with Gasteiger partial charge in [-0.3, -0.25) is 0 Å². The maximum Gasteiger partial charge on any atom is 0.319 e. The van der Waals surface area contributed by atoms with Crippen LogP contribution in [0.1, 0.15) is 18.4 Å². The monoisotopic (exact) mass is 569 g/mol. The molecule has 164 valence electrons. The first-order valence-corrected chi connectivity index (χ1v) is 11.0. The van der Waals surface area contributed by atoms with Crippen LogP contribution >= 0.6 is 23.2 Å². The van der Waals surface area contributed by atoms with Gasteiger partial charge in [0.15, 0.2) is 0 Å². The highest BCUT2D eigenvalue weighted by atomic mass is 127. The molecule has 2 amide bonds. The number of amides is 2. The molecule has 0 radical (unpaired) electrons. The van der Waals surface area contributed by atoms with Crippen molar-refractivity contribution < 1.29 is 33.3 Å². The number of benzene rings is 3. The third-order valence-electron chi connectivity index (χ3n) is 5.96. The molecule has 0 aromatic heterocycles. The van der Waals surface area contributed by atoms with Gasteiger partial charge in [0, 0.05) is 29.8 Å². The number of hydrogen-bond donors (Lipinski definition) is 2. The van der Waals surface area contributed by atoms with E-state index in [0.717, 1.165) is 53.4 Å². The quantitative estimate of drug-likeness (QED) is 0.368. The van der Waals surface area contributed by atoms with Crippen LogP contribution in [-0.4, -0.2) is 36.7 Å². The summed E-state index contributed by atoms with van der Waals surface area (Å²) >= 11 is 12.2. The molecule has 31 heavy (non-hydrogen) atoms. The van der Waals surface area contributed by atoms with Gasteiger partial charge in [0.05, 0.1) is 35.9 Å². The number of rotatable bonds is 4. The summed E-state index contributed by atoms with van der Waals surface area (Å²) in [6, 6.07) is 19.9.